The van der Waals surface area contributed by atoms with Crippen LogP contribution in [0.2, 0.25) is 0 Å². The summed E-state index contributed by atoms with van der Waals surface area (Å²) >= 11 is 1.33. The maximum atomic E-state index is 12.6. The molecule has 0 bridgehead atoms. The molecule has 1 fully saturated rings. The van der Waals surface area contributed by atoms with Gasteiger partial charge in [-0.2, -0.15) is 13.2 Å². The second kappa shape index (κ2) is 7.80. The Morgan fingerprint density at radius 2 is 1.92 bits per heavy atom. The van der Waals surface area contributed by atoms with Crippen LogP contribution in [-0.2, 0) is 14.3 Å². The number of carbonyl (C=O) groups is 1. The van der Waals surface area contributed by atoms with E-state index in [4.69, 9.17) is 9.47 Å². The predicted molar refractivity (Wildman–Crippen MR) is 88.9 cm³/mol. The van der Waals surface area contributed by atoms with E-state index in [2.05, 4.69) is 0 Å². The van der Waals surface area contributed by atoms with E-state index in [0.29, 0.717) is 0 Å². The van der Waals surface area contributed by atoms with Crippen LogP contribution in [0.5, 0.6) is 0 Å². The molecular weight excluding hydrogens is 355 g/mol. The molecule has 138 valence electrons. The Bertz CT molecular complexity index is 619. The molecule has 1 amide bonds. The van der Waals surface area contributed by atoms with Crippen molar-refractivity contribution in [2.24, 2.45) is 0 Å². The van der Waals surface area contributed by atoms with Crippen molar-refractivity contribution < 1.29 is 27.4 Å². The van der Waals surface area contributed by atoms with Crippen molar-refractivity contribution in [1.29, 1.82) is 0 Å². The summed E-state index contributed by atoms with van der Waals surface area (Å²) in [5.41, 5.74) is 0. The van der Waals surface area contributed by atoms with Gasteiger partial charge in [-0.1, -0.05) is 36.0 Å². The molecule has 0 aromatic heterocycles. The quantitative estimate of drug-likeness (QED) is 0.794. The first-order valence-electron chi connectivity index (χ1n) is 7.70. The maximum absolute atomic E-state index is 12.6. The van der Waals surface area contributed by atoms with Crippen molar-refractivity contribution in [2.75, 3.05) is 0 Å². The molecule has 4 nitrogen and oxygen atoms in total. The van der Waals surface area contributed by atoms with E-state index >= 15 is 0 Å². The van der Waals surface area contributed by atoms with Gasteiger partial charge in [-0.05, 0) is 38.3 Å². The number of hydrogen-bond donors (Lipinski definition) is 1. The molecule has 0 radical (unpaired) electrons. The number of thioether (sulfide) groups is 1. The van der Waals surface area contributed by atoms with E-state index in [1.165, 1.54) is 17.8 Å². The number of benzene rings is 1. The van der Waals surface area contributed by atoms with Crippen LogP contribution < -0.4 is 5.32 Å². The minimum Gasteiger partial charge on any atom is -0.345 e. The van der Waals surface area contributed by atoms with Crippen molar-refractivity contribution in [3.8, 4) is 0 Å². The van der Waals surface area contributed by atoms with Crippen LogP contribution in [0.25, 0.3) is 0 Å². The summed E-state index contributed by atoms with van der Waals surface area (Å²) in [4.78, 5) is 12.3. The van der Waals surface area contributed by atoms with Gasteiger partial charge in [0.25, 0.3) is 0 Å². The minimum atomic E-state index is -4.96. The van der Waals surface area contributed by atoms with Crippen LogP contribution in [0, 0.1) is 0 Å². The van der Waals surface area contributed by atoms with Gasteiger partial charge < -0.3 is 14.8 Å². The summed E-state index contributed by atoms with van der Waals surface area (Å²) in [6.45, 7) is 5.05. The van der Waals surface area contributed by atoms with Gasteiger partial charge in [-0.25, -0.2) is 0 Å². The number of halogens is 3. The lowest BCUT2D eigenvalue weighted by Crippen LogP contribution is -2.50. The molecule has 25 heavy (non-hydrogen) atoms. The fraction of sp³-hybridized carbons (Fsp3) is 0.471. The highest BCUT2D eigenvalue weighted by atomic mass is 32.2. The average molecular weight is 375 g/mol. The molecule has 0 spiro atoms. The number of hydrogen-bond acceptors (Lipinski definition) is 4. The Morgan fingerprint density at radius 3 is 2.44 bits per heavy atom. The van der Waals surface area contributed by atoms with Gasteiger partial charge in [0.1, 0.15) is 6.10 Å². The molecule has 8 heteroatoms. The van der Waals surface area contributed by atoms with E-state index in [9.17, 15) is 18.0 Å². The highest BCUT2D eigenvalue weighted by Crippen LogP contribution is 2.31. The topological polar surface area (TPSA) is 47.6 Å². The summed E-state index contributed by atoms with van der Waals surface area (Å²) < 4.78 is 49.1. The molecule has 1 heterocycles. The zero-order valence-electron chi connectivity index (χ0n) is 14.0. The molecule has 0 aliphatic carbocycles. The number of rotatable bonds is 5. The molecule has 1 aromatic rings. The number of alkyl halides is 3. The summed E-state index contributed by atoms with van der Waals surface area (Å²) in [6, 6.07) is 8.36. The second-order valence-corrected chi connectivity index (χ2v) is 7.04. The minimum absolute atomic E-state index is 0.472. The van der Waals surface area contributed by atoms with Crippen LogP contribution in [0.1, 0.15) is 20.8 Å². The summed E-state index contributed by atoms with van der Waals surface area (Å²) in [7, 11) is 0. The lowest BCUT2D eigenvalue weighted by molar-refractivity contribution is -0.175. The van der Waals surface area contributed by atoms with Crippen LogP contribution in [0.4, 0.5) is 13.2 Å². The predicted octanol–water partition coefficient (Wildman–Crippen LogP) is 3.88. The van der Waals surface area contributed by atoms with Crippen molar-refractivity contribution in [3.05, 3.63) is 41.8 Å². The first-order chi connectivity index (χ1) is 11.6. The largest absolute Gasteiger partial charge is 0.471 e. The third-order valence-electron chi connectivity index (χ3n) is 3.49. The molecule has 1 aliphatic heterocycles. The first-order valence-corrected chi connectivity index (χ1v) is 8.58. The van der Waals surface area contributed by atoms with Gasteiger partial charge in [0, 0.05) is 4.90 Å². The molecule has 1 aliphatic rings. The van der Waals surface area contributed by atoms with Gasteiger partial charge >= 0.3 is 12.1 Å². The summed E-state index contributed by atoms with van der Waals surface area (Å²) in [6.07, 6.45) is -4.67. The molecule has 0 saturated carbocycles. The third kappa shape index (κ3) is 5.76. The Hall–Kier alpha value is -1.51. The van der Waals surface area contributed by atoms with Crippen LogP contribution in [-0.4, -0.2) is 36.1 Å². The van der Waals surface area contributed by atoms with E-state index in [-0.39, 0.29) is 0 Å². The van der Waals surface area contributed by atoms with E-state index in [1.54, 1.807) is 26.2 Å². The van der Waals surface area contributed by atoms with E-state index < -0.39 is 36.1 Å². The Kier molecular flexibility index (Phi) is 6.18. The average Bonchev–Trinajstić information content (AvgIpc) is 2.79. The van der Waals surface area contributed by atoms with Crippen LogP contribution >= 0.6 is 11.8 Å². The number of nitrogens with one attached hydrogen (secondary N) is 1. The van der Waals surface area contributed by atoms with Gasteiger partial charge in [-0.3, -0.25) is 4.79 Å². The molecule has 0 unspecified atom stereocenters. The standard InChI is InChI=1S/C17H20F3NO3S/c1-11-14(24-16(2,3)23-11)13(21-15(22)17(18,19)20)9-10-25-12-7-5-4-6-8-12/h4-11,13-14H,1-3H3,(H,21,22)/b10-9+/t11-,13-,14+/m0/s1. The number of ether oxygens (including phenoxy) is 2. The SMILES string of the molecule is C[C@@H]1OC(C)(C)O[C@H]1[C@H](/C=C/Sc1ccccc1)NC(=O)C(F)(F)F. The highest BCUT2D eigenvalue weighted by molar-refractivity contribution is 8.02. The molecule has 1 N–H and O–H groups in total. The smallest absolute Gasteiger partial charge is 0.345 e. The zero-order valence-corrected chi connectivity index (χ0v) is 14.9. The molecule has 2 rings (SSSR count). The Morgan fingerprint density at radius 1 is 1.28 bits per heavy atom. The fourth-order valence-electron chi connectivity index (χ4n) is 2.51. The van der Waals surface area contributed by atoms with Crippen LogP contribution in [0.15, 0.2) is 46.7 Å². The Labute approximate surface area is 148 Å². The molecule has 1 aromatic carbocycles. The fourth-order valence-corrected chi connectivity index (χ4v) is 3.23. The van der Waals surface area contributed by atoms with Gasteiger partial charge in [-0.15, -0.1) is 0 Å². The third-order valence-corrected chi connectivity index (χ3v) is 4.33. The lowest BCUT2D eigenvalue weighted by atomic mass is 10.1. The van der Waals surface area contributed by atoms with Gasteiger partial charge in [0.15, 0.2) is 5.79 Å². The van der Waals surface area contributed by atoms with Crippen molar-refractivity contribution in [2.45, 2.75) is 55.9 Å². The second-order valence-electron chi connectivity index (χ2n) is 6.06. The molecule has 3 atom stereocenters. The number of amides is 1. The normalized spacial score (nSPS) is 24.4. The monoisotopic (exact) mass is 375 g/mol. The number of carbonyl (C=O) groups excluding carboxylic acids is 1. The summed E-state index contributed by atoms with van der Waals surface area (Å²) in [5, 5.41) is 3.62. The van der Waals surface area contributed by atoms with Crippen molar-refractivity contribution in [3.63, 3.8) is 0 Å². The molecule has 1 saturated heterocycles. The summed E-state index contributed by atoms with van der Waals surface area (Å²) in [5.74, 6) is -2.93. The maximum Gasteiger partial charge on any atom is 0.471 e. The van der Waals surface area contributed by atoms with Crippen molar-refractivity contribution >= 4 is 17.7 Å². The van der Waals surface area contributed by atoms with Crippen LogP contribution in [0.3, 0.4) is 0 Å². The molecular formula is C17H20F3NO3S. The van der Waals surface area contributed by atoms with Gasteiger partial charge in [0.2, 0.25) is 0 Å². The first kappa shape index (κ1) is 19.8. The van der Waals surface area contributed by atoms with Gasteiger partial charge in [0.05, 0.1) is 12.1 Å². The highest BCUT2D eigenvalue weighted by Gasteiger charge is 2.46. The Balaban J connectivity index is 2.13. The lowest BCUT2D eigenvalue weighted by Gasteiger charge is -2.24. The van der Waals surface area contributed by atoms with Crippen molar-refractivity contribution in [1.82, 2.24) is 5.32 Å². The van der Waals surface area contributed by atoms with E-state index in [1.807, 2.05) is 35.6 Å². The van der Waals surface area contributed by atoms with E-state index in [0.717, 1.165) is 4.90 Å². The zero-order chi connectivity index (χ0) is 18.7.